The molecule has 0 aromatic heterocycles. The molecule has 2 bridgehead atoms. The number of ketones is 1. The largest absolute Gasteiger partial charge is 0.456 e. The first-order valence-corrected chi connectivity index (χ1v) is 15.9. The molecule has 1 saturated heterocycles. The van der Waals surface area contributed by atoms with E-state index in [1.54, 1.807) is 51.1 Å². The number of Topliss-reactive ketones (excluding diaryl/α,β-unsaturated/α-hetero) is 1. The summed E-state index contributed by atoms with van der Waals surface area (Å²) in [5, 5.41) is 73.0. The van der Waals surface area contributed by atoms with Gasteiger partial charge in [0.15, 0.2) is 11.9 Å². The van der Waals surface area contributed by atoms with Crippen molar-refractivity contribution in [3.63, 3.8) is 0 Å². The molecule has 2 saturated carbocycles. The van der Waals surface area contributed by atoms with Gasteiger partial charge in [0.1, 0.15) is 29.0 Å². The topological polar surface area (TPSA) is 212 Å². The minimum Gasteiger partial charge on any atom is -0.456 e. The van der Waals surface area contributed by atoms with Crippen molar-refractivity contribution >= 4 is 17.8 Å². The summed E-state index contributed by atoms with van der Waals surface area (Å²) < 4.78 is 16.6. The molecule has 3 aliphatic carbocycles. The average Bonchev–Trinajstić information content (AvgIpc) is 2.98. The van der Waals surface area contributed by atoms with Crippen molar-refractivity contribution in [1.82, 2.24) is 5.32 Å². The van der Waals surface area contributed by atoms with Gasteiger partial charge in [0.2, 0.25) is 0 Å². The fourth-order valence-electron chi connectivity index (χ4n) is 8.28. The van der Waals surface area contributed by atoms with E-state index in [2.05, 4.69) is 5.32 Å². The summed E-state index contributed by atoms with van der Waals surface area (Å²) in [6.45, 7) is 10.7. The Morgan fingerprint density at radius 3 is 2.23 bits per heavy atom. The summed E-state index contributed by atoms with van der Waals surface area (Å²) in [5.41, 5.74) is -7.73. The van der Waals surface area contributed by atoms with Crippen LogP contribution in [0, 0.1) is 16.7 Å². The lowest BCUT2D eigenvalue weighted by Crippen LogP contribution is -2.80. The Balaban J connectivity index is 1.53. The summed E-state index contributed by atoms with van der Waals surface area (Å²) in [4.78, 5) is 40.5. The first-order chi connectivity index (χ1) is 21.6. The smallest absolute Gasteiger partial charge is 0.408 e. The van der Waals surface area contributed by atoms with Gasteiger partial charge < -0.3 is 50.2 Å². The van der Waals surface area contributed by atoms with Gasteiger partial charge in [-0.15, -0.1) is 0 Å². The second-order valence-electron chi connectivity index (χ2n) is 15.3. The quantitative estimate of drug-likeness (QED) is 0.173. The lowest BCUT2D eigenvalue weighted by molar-refractivity contribution is -0.344. The number of esters is 1. The van der Waals surface area contributed by atoms with Crippen molar-refractivity contribution in [3.05, 3.63) is 47.0 Å². The number of benzene rings is 1. The Morgan fingerprint density at radius 2 is 1.68 bits per heavy atom. The van der Waals surface area contributed by atoms with Crippen molar-refractivity contribution in [3.8, 4) is 0 Å². The zero-order chi connectivity index (χ0) is 35.1. The highest BCUT2D eigenvalue weighted by Gasteiger charge is 2.75. The van der Waals surface area contributed by atoms with Crippen LogP contribution < -0.4 is 5.32 Å². The van der Waals surface area contributed by atoms with Crippen LogP contribution in [0.15, 0.2) is 41.5 Å². The molecule has 1 aromatic rings. The Kier molecular flexibility index (Phi) is 8.74. The van der Waals surface area contributed by atoms with Crippen LogP contribution in [-0.4, -0.2) is 109 Å². The first-order valence-electron chi connectivity index (χ1n) is 15.9. The van der Waals surface area contributed by atoms with Crippen LogP contribution in [0.2, 0.25) is 0 Å². The van der Waals surface area contributed by atoms with E-state index in [1.807, 2.05) is 0 Å². The molecule has 7 N–H and O–H groups in total. The second kappa shape index (κ2) is 11.6. The van der Waals surface area contributed by atoms with Crippen molar-refractivity contribution in [2.75, 3.05) is 6.61 Å². The number of hydrogen-bond acceptors (Lipinski definition) is 12. The number of fused-ring (bicyclic) bond motifs is 5. The molecule has 13 heteroatoms. The van der Waals surface area contributed by atoms with E-state index in [9.17, 15) is 45.0 Å². The van der Waals surface area contributed by atoms with Crippen LogP contribution in [0.25, 0.3) is 0 Å². The molecule has 0 radical (unpaired) electrons. The zero-order valence-corrected chi connectivity index (χ0v) is 27.8. The number of carbonyl (C=O) groups excluding carboxylic acids is 3. The number of nitrogens with one attached hydrogen (secondary N) is 1. The number of rotatable bonds is 5. The summed E-state index contributed by atoms with van der Waals surface area (Å²) in [6.07, 6.45) is -10.9. The maximum absolute atomic E-state index is 14.2. The Labute approximate surface area is 273 Å². The first kappa shape index (κ1) is 35.4. The Morgan fingerprint density at radius 1 is 1.06 bits per heavy atom. The fourth-order valence-corrected chi connectivity index (χ4v) is 8.28. The van der Waals surface area contributed by atoms with Crippen molar-refractivity contribution in [1.29, 1.82) is 0 Å². The minimum absolute atomic E-state index is 0.0140. The number of ether oxygens (including phenoxy) is 3. The molecule has 3 fully saturated rings. The molecule has 1 heterocycles. The number of aliphatic hydroxyl groups excluding tert-OH is 4. The summed E-state index contributed by atoms with van der Waals surface area (Å²) >= 11 is 0. The van der Waals surface area contributed by atoms with E-state index in [-0.39, 0.29) is 24.2 Å². The minimum atomic E-state index is -2.23. The van der Waals surface area contributed by atoms with Crippen LogP contribution >= 0.6 is 0 Å². The SMILES string of the molecule is CC1=C2[C@@H](O)C(=O)[C@@]3(C)C([C@H](O)[C@](O)(C[C@@H]1OC(=O)[C@H](O)[C@@H](NC(=O)OC(C)(C)C)c1ccccc1)C2(C)C)[C@]1(O)CO[C@@H]1C[C@@H]3O. The van der Waals surface area contributed by atoms with Gasteiger partial charge in [0.05, 0.1) is 36.4 Å². The van der Waals surface area contributed by atoms with Gasteiger partial charge in [-0.25, -0.2) is 9.59 Å². The van der Waals surface area contributed by atoms with Crippen LogP contribution in [0.5, 0.6) is 0 Å². The van der Waals surface area contributed by atoms with E-state index in [0.29, 0.717) is 5.56 Å². The number of hydrogen-bond donors (Lipinski definition) is 7. The predicted molar refractivity (Wildman–Crippen MR) is 164 cm³/mol. The van der Waals surface area contributed by atoms with E-state index in [1.165, 1.54) is 27.7 Å². The average molecular weight is 662 g/mol. The van der Waals surface area contributed by atoms with Gasteiger partial charge in [0, 0.05) is 24.2 Å². The monoisotopic (exact) mass is 661 g/mol. The fraction of sp³-hybridized carbons (Fsp3) is 0.676. The Bertz CT molecular complexity index is 1450. The number of alkyl carbamates (subject to hydrolysis) is 1. The molecule has 5 rings (SSSR count). The number of amides is 1. The highest BCUT2D eigenvalue weighted by molar-refractivity contribution is 5.93. The lowest BCUT2D eigenvalue weighted by Gasteiger charge is -2.66. The Hall–Kier alpha value is -2.91. The molecule has 260 valence electrons. The van der Waals surface area contributed by atoms with Crippen LogP contribution in [0.3, 0.4) is 0 Å². The van der Waals surface area contributed by atoms with Crippen molar-refractivity contribution in [2.45, 2.75) is 121 Å². The van der Waals surface area contributed by atoms with Gasteiger partial charge in [-0.05, 0) is 51.3 Å². The molecular weight excluding hydrogens is 614 g/mol. The third kappa shape index (κ3) is 5.40. The van der Waals surface area contributed by atoms with Gasteiger partial charge in [-0.1, -0.05) is 44.2 Å². The van der Waals surface area contributed by atoms with Crippen molar-refractivity contribution < 1.29 is 59.2 Å². The van der Waals surface area contributed by atoms with E-state index in [0.717, 1.165) is 0 Å². The second-order valence-corrected chi connectivity index (χ2v) is 15.3. The van der Waals surface area contributed by atoms with E-state index < -0.39 is 100 Å². The summed E-state index contributed by atoms with van der Waals surface area (Å²) in [5.74, 6) is -3.53. The third-order valence-corrected chi connectivity index (χ3v) is 11.1. The molecule has 1 amide bonds. The molecule has 47 heavy (non-hydrogen) atoms. The molecule has 4 aliphatic rings. The number of carbonyl (C=O) groups is 3. The highest BCUT2D eigenvalue weighted by atomic mass is 16.6. The lowest BCUT2D eigenvalue weighted by atomic mass is 9.45. The van der Waals surface area contributed by atoms with Gasteiger partial charge >= 0.3 is 12.1 Å². The van der Waals surface area contributed by atoms with Gasteiger partial charge in [-0.2, -0.15) is 0 Å². The molecule has 1 aliphatic heterocycles. The maximum Gasteiger partial charge on any atom is 0.408 e. The normalized spacial score (nSPS) is 39.2. The standard InChI is InChI=1S/C34H47NO12/c1-16-18(46-28(41)24(38)22(17-11-9-8-10-12-17)35-29(42)47-30(2,3)4)14-34(44)27(40)25-32(7,19(36)13-20-33(25,43)15-45-20)26(39)23(37)21(16)31(34,5)6/h8-12,18-20,22-25,27,36-38,40,43-44H,13-15H2,1-7H3,(H,35,42)/t18-,19-,20+,22-,23+,24+,25?,27-,32+,33-,34+/m0/s1. The maximum atomic E-state index is 14.2. The van der Waals surface area contributed by atoms with Crippen LogP contribution in [0.4, 0.5) is 4.79 Å². The molecule has 11 atom stereocenters. The molecule has 1 aromatic carbocycles. The van der Waals surface area contributed by atoms with E-state index in [4.69, 9.17) is 14.2 Å². The van der Waals surface area contributed by atoms with Gasteiger partial charge in [-0.3, -0.25) is 4.79 Å². The highest BCUT2D eigenvalue weighted by Crippen LogP contribution is 2.62. The van der Waals surface area contributed by atoms with Crippen LogP contribution in [-0.2, 0) is 23.8 Å². The predicted octanol–water partition coefficient (Wildman–Crippen LogP) is 0.824. The summed E-state index contributed by atoms with van der Waals surface area (Å²) in [6, 6.07) is 6.88. The summed E-state index contributed by atoms with van der Waals surface area (Å²) in [7, 11) is 0. The molecule has 0 spiro atoms. The van der Waals surface area contributed by atoms with E-state index >= 15 is 0 Å². The van der Waals surface area contributed by atoms with Crippen LogP contribution in [0.1, 0.15) is 72.9 Å². The molecular formula is C34H47NO12. The zero-order valence-electron chi connectivity index (χ0n) is 27.8. The van der Waals surface area contributed by atoms with Gasteiger partial charge in [0.25, 0.3) is 0 Å². The number of aliphatic hydroxyl groups is 6. The molecule has 13 nitrogen and oxygen atoms in total. The van der Waals surface area contributed by atoms with Crippen molar-refractivity contribution in [2.24, 2.45) is 16.7 Å². The molecule has 1 unspecified atom stereocenters. The third-order valence-electron chi connectivity index (χ3n) is 11.1.